The standard InChI is InChI=1S/C16H10F4O2/c17-13-3-1-2-10(6-9-14(21)22)15(13)11-4-7-12(8-5-11)16(18,19)20/h1-9H,(H,21,22)/b9-6+. The summed E-state index contributed by atoms with van der Waals surface area (Å²) >= 11 is 0. The molecule has 6 heteroatoms. The monoisotopic (exact) mass is 310 g/mol. The van der Waals surface area contributed by atoms with Gasteiger partial charge < -0.3 is 5.11 Å². The molecule has 0 saturated heterocycles. The Morgan fingerprint density at radius 3 is 2.23 bits per heavy atom. The van der Waals surface area contributed by atoms with Gasteiger partial charge in [-0.2, -0.15) is 13.2 Å². The quantitative estimate of drug-likeness (QED) is 0.664. The normalized spacial score (nSPS) is 11.8. The Hall–Kier alpha value is -2.63. The zero-order valence-electron chi connectivity index (χ0n) is 11.1. The summed E-state index contributed by atoms with van der Waals surface area (Å²) in [7, 11) is 0. The molecule has 1 N–H and O–H groups in total. The number of carboxylic acid groups (broad SMARTS) is 1. The third kappa shape index (κ3) is 3.52. The molecule has 114 valence electrons. The Morgan fingerprint density at radius 2 is 1.68 bits per heavy atom. The highest BCUT2D eigenvalue weighted by Gasteiger charge is 2.30. The van der Waals surface area contributed by atoms with Gasteiger partial charge in [0.1, 0.15) is 5.82 Å². The summed E-state index contributed by atoms with van der Waals surface area (Å²) in [5.41, 5.74) is -0.290. The number of hydrogen-bond acceptors (Lipinski definition) is 1. The summed E-state index contributed by atoms with van der Waals surface area (Å²) in [5, 5.41) is 8.63. The minimum Gasteiger partial charge on any atom is -0.478 e. The molecule has 2 aromatic rings. The van der Waals surface area contributed by atoms with Crippen LogP contribution in [-0.2, 0) is 11.0 Å². The van der Waals surface area contributed by atoms with Crippen LogP contribution < -0.4 is 0 Å². The van der Waals surface area contributed by atoms with Gasteiger partial charge in [-0.25, -0.2) is 9.18 Å². The molecule has 0 aliphatic rings. The number of benzene rings is 2. The highest BCUT2D eigenvalue weighted by atomic mass is 19.4. The predicted molar refractivity (Wildman–Crippen MR) is 73.5 cm³/mol. The van der Waals surface area contributed by atoms with E-state index in [1.54, 1.807) is 0 Å². The first-order valence-corrected chi connectivity index (χ1v) is 6.16. The maximum atomic E-state index is 14.0. The lowest BCUT2D eigenvalue weighted by Crippen LogP contribution is -2.04. The number of hydrogen-bond donors (Lipinski definition) is 1. The molecular weight excluding hydrogens is 300 g/mol. The van der Waals surface area contributed by atoms with Crippen LogP contribution in [0.4, 0.5) is 17.6 Å². The van der Waals surface area contributed by atoms with Gasteiger partial charge in [-0.05, 0) is 35.4 Å². The summed E-state index contributed by atoms with van der Waals surface area (Å²) in [6, 6.07) is 8.04. The van der Waals surface area contributed by atoms with E-state index in [1.807, 2.05) is 0 Å². The maximum absolute atomic E-state index is 14.0. The fourth-order valence-electron chi connectivity index (χ4n) is 1.97. The first kappa shape index (κ1) is 15.8. The van der Waals surface area contributed by atoms with Crippen LogP contribution in [0.2, 0.25) is 0 Å². The van der Waals surface area contributed by atoms with Crippen molar-refractivity contribution in [2.24, 2.45) is 0 Å². The molecule has 0 saturated carbocycles. The van der Waals surface area contributed by atoms with Crippen LogP contribution in [0.15, 0.2) is 48.5 Å². The number of carboxylic acids is 1. The molecule has 2 nitrogen and oxygen atoms in total. The van der Waals surface area contributed by atoms with Gasteiger partial charge in [0.15, 0.2) is 0 Å². The van der Waals surface area contributed by atoms with Crippen LogP contribution >= 0.6 is 0 Å². The molecule has 0 aromatic heterocycles. The van der Waals surface area contributed by atoms with Crippen molar-refractivity contribution >= 4 is 12.0 Å². The van der Waals surface area contributed by atoms with Gasteiger partial charge >= 0.3 is 12.1 Å². The lowest BCUT2D eigenvalue weighted by Gasteiger charge is -2.10. The largest absolute Gasteiger partial charge is 0.478 e. The van der Waals surface area contributed by atoms with Gasteiger partial charge in [0.25, 0.3) is 0 Å². The van der Waals surface area contributed by atoms with E-state index in [1.165, 1.54) is 18.2 Å². The average molecular weight is 310 g/mol. The smallest absolute Gasteiger partial charge is 0.416 e. The van der Waals surface area contributed by atoms with Gasteiger partial charge in [-0.3, -0.25) is 0 Å². The molecule has 0 unspecified atom stereocenters. The van der Waals surface area contributed by atoms with E-state index in [2.05, 4.69) is 0 Å². The van der Waals surface area contributed by atoms with E-state index in [4.69, 9.17) is 5.11 Å². The van der Waals surface area contributed by atoms with Gasteiger partial charge in [-0.15, -0.1) is 0 Å². The summed E-state index contributed by atoms with van der Waals surface area (Å²) in [6.45, 7) is 0. The predicted octanol–water partition coefficient (Wildman–Crippen LogP) is 4.61. The highest BCUT2D eigenvalue weighted by Crippen LogP contribution is 2.33. The molecule has 0 amide bonds. The van der Waals surface area contributed by atoms with Crippen LogP contribution in [0.5, 0.6) is 0 Å². The first-order valence-electron chi connectivity index (χ1n) is 6.16. The van der Waals surface area contributed by atoms with Crippen LogP contribution in [-0.4, -0.2) is 11.1 Å². The van der Waals surface area contributed by atoms with Gasteiger partial charge in [0, 0.05) is 11.6 Å². The summed E-state index contributed by atoms with van der Waals surface area (Å²) in [6.07, 6.45) is -2.44. The SMILES string of the molecule is O=C(O)/C=C/c1cccc(F)c1-c1ccc(C(F)(F)F)cc1. The van der Waals surface area contributed by atoms with Crippen molar-refractivity contribution in [1.29, 1.82) is 0 Å². The van der Waals surface area contributed by atoms with Crippen LogP contribution in [0.1, 0.15) is 11.1 Å². The van der Waals surface area contributed by atoms with Crippen molar-refractivity contribution in [1.82, 2.24) is 0 Å². The molecule has 0 bridgehead atoms. The van der Waals surface area contributed by atoms with E-state index < -0.39 is 23.5 Å². The highest BCUT2D eigenvalue weighted by molar-refractivity contribution is 5.88. The molecule has 2 rings (SSSR count). The van der Waals surface area contributed by atoms with Crippen molar-refractivity contribution in [2.75, 3.05) is 0 Å². The lowest BCUT2D eigenvalue weighted by molar-refractivity contribution is -0.137. The molecule has 0 fully saturated rings. The minimum atomic E-state index is -4.47. The Morgan fingerprint density at radius 1 is 1.05 bits per heavy atom. The molecule has 2 aromatic carbocycles. The van der Waals surface area contributed by atoms with Crippen LogP contribution in [0.3, 0.4) is 0 Å². The summed E-state index contributed by atoms with van der Waals surface area (Å²) in [5.74, 6) is -1.85. The number of rotatable bonds is 3. The molecule has 0 heterocycles. The third-order valence-electron chi connectivity index (χ3n) is 2.95. The van der Waals surface area contributed by atoms with E-state index in [9.17, 15) is 22.4 Å². The van der Waals surface area contributed by atoms with Crippen molar-refractivity contribution in [3.8, 4) is 11.1 Å². The second-order valence-electron chi connectivity index (χ2n) is 4.45. The number of aliphatic carboxylic acids is 1. The van der Waals surface area contributed by atoms with E-state index >= 15 is 0 Å². The van der Waals surface area contributed by atoms with Crippen molar-refractivity contribution in [2.45, 2.75) is 6.18 Å². The van der Waals surface area contributed by atoms with E-state index in [0.29, 0.717) is 0 Å². The Bertz CT molecular complexity index is 716. The number of alkyl halides is 3. The van der Waals surface area contributed by atoms with Crippen LogP contribution in [0, 0.1) is 5.82 Å². The number of carbonyl (C=O) groups is 1. The summed E-state index contributed by atoms with van der Waals surface area (Å²) in [4.78, 5) is 10.6. The zero-order chi connectivity index (χ0) is 16.3. The molecular formula is C16H10F4O2. The van der Waals surface area contributed by atoms with Gasteiger partial charge in [0.2, 0.25) is 0 Å². The summed E-state index contributed by atoms with van der Waals surface area (Å²) < 4.78 is 51.6. The molecule has 22 heavy (non-hydrogen) atoms. The lowest BCUT2D eigenvalue weighted by atomic mass is 9.97. The first-order chi connectivity index (χ1) is 10.3. The maximum Gasteiger partial charge on any atom is 0.416 e. The fourth-order valence-corrected chi connectivity index (χ4v) is 1.97. The molecule has 0 aliphatic carbocycles. The Kier molecular flexibility index (Phi) is 4.30. The fraction of sp³-hybridized carbons (Fsp3) is 0.0625. The molecule has 0 radical (unpaired) electrons. The zero-order valence-corrected chi connectivity index (χ0v) is 11.1. The van der Waals surface area contributed by atoms with Crippen molar-refractivity contribution in [3.63, 3.8) is 0 Å². The third-order valence-corrected chi connectivity index (χ3v) is 2.95. The van der Waals surface area contributed by atoms with Gasteiger partial charge in [0.05, 0.1) is 5.56 Å². The second kappa shape index (κ2) is 6.01. The molecule has 0 atom stereocenters. The van der Waals surface area contributed by atoms with Crippen LogP contribution in [0.25, 0.3) is 17.2 Å². The molecule has 0 spiro atoms. The average Bonchev–Trinajstić information content (AvgIpc) is 2.44. The second-order valence-corrected chi connectivity index (χ2v) is 4.45. The van der Waals surface area contributed by atoms with Gasteiger partial charge in [-0.1, -0.05) is 24.3 Å². The van der Waals surface area contributed by atoms with E-state index in [-0.39, 0.29) is 16.7 Å². The molecule has 0 aliphatic heterocycles. The Balaban J connectivity index is 2.50. The Labute approximate surface area is 123 Å². The minimum absolute atomic E-state index is 0.0497. The topological polar surface area (TPSA) is 37.3 Å². The van der Waals surface area contributed by atoms with Crippen molar-refractivity contribution < 1.29 is 27.5 Å². The number of halogens is 4. The van der Waals surface area contributed by atoms with E-state index in [0.717, 1.165) is 36.4 Å². The van der Waals surface area contributed by atoms with Crippen molar-refractivity contribution in [3.05, 3.63) is 65.5 Å².